The average molecular weight is 816 g/mol. The highest BCUT2D eigenvalue weighted by Gasteiger charge is 2.28. The van der Waals surface area contributed by atoms with Crippen LogP contribution in [0.2, 0.25) is 0 Å². The minimum atomic E-state index is -4.72. The lowest BCUT2D eigenvalue weighted by atomic mass is 10.1. The van der Waals surface area contributed by atoms with Gasteiger partial charge in [0.2, 0.25) is 0 Å². The number of carboxylic acid groups (broad SMARTS) is 1. The minimum absolute atomic E-state index is 0.157. The molecule has 328 valence electrons. The van der Waals surface area contributed by atoms with Crippen LogP contribution in [0.4, 0.5) is 0 Å². The molecular formula is C44H82NO10P. The Labute approximate surface area is 340 Å². The topological polar surface area (TPSA) is 172 Å². The molecule has 0 aromatic carbocycles. The van der Waals surface area contributed by atoms with Crippen molar-refractivity contribution in [3.05, 3.63) is 24.3 Å². The van der Waals surface area contributed by atoms with Crippen LogP contribution in [0.3, 0.4) is 0 Å². The first-order valence-electron chi connectivity index (χ1n) is 22.4. The molecule has 1 unspecified atom stereocenters. The van der Waals surface area contributed by atoms with Crippen molar-refractivity contribution in [2.75, 3.05) is 19.8 Å². The Kier molecular flexibility index (Phi) is 38.3. The van der Waals surface area contributed by atoms with Crippen LogP contribution in [-0.4, -0.2) is 59.9 Å². The van der Waals surface area contributed by atoms with E-state index in [1.54, 1.807) is 0 Å². The minimum Gasteiger partial charge on any atom is -0.480 e. The van der Waals surface area contributed by atoms with Gasteiger partial charge in [0.05, 0.1) is 13.2 Å². The SMILES string of the molecule is CCCCCC/C=C/CCCCCCCCCC(=O)OC[C@H](COP(=O)(O)OC[C@H](N)C(=O)O)OC(=O)CCCCCCCCC/C=C/CCCCCCCC. The van der Waals surface area contributed by atoms with Crippen molar-refractivity contribution < 1.29 is 47.5 Å². The highest BCUT2D eigenvalue weighted by atomic mass is 31.2. The molecule has 11 nitrogen and oxygen atoms in total. The molecule has 0 bridgehead atoms. The van der Waals surface area contributed by atoms with E-state index in [1.807, 2.05) is 0 Å². The average Bonchev–Trinajstić information content (AvgIpc) is 3.17. The fourth-order valence-electron chi connectivity index (χ4n) is 6.11. The van der Waals surface area contributed by atoms with Gasteiger partial charge in [-0.05, 0) is 64.2 Å². The summed E-state index contributed by atoms with van der Waals surface area (Å²) in [5.41, 5.74) is 5.33. The summed E-state index contributed by atoms with van der Waals surface area (Å²) >= 11 is 0. The van der Waals surface area contributed by atoms with E-state index < -0.39 is 51.1 Å². The molecule has 4 N–H and O–H groups in total. The molecule has 0 spiro atoms. The first-order valence-corrected chi connectivity index (χ1v) is 23.9. The number of esters is 2. The smallest absolute Gasteiger partial charge is 0.472 e. The third-order valence-corrected chi connectivity index (χ3v) is 10.6. The maximum atomic E-state index is 12.6. The number of unbranched alkanes of at least 4 members (excludes halogenated alkanes) is 24. The number of hydrogen-bond donors (Lipinski definition) is 3. The maximum absolute atomic E-state index is 12.6. The zero-order valence-corrected chi connectivity index (χ0v) is 36.4. The third kappa shape index (κ3) is 38.8. The molecule has 0 saturated heterocycles. The van der Waals surface area contributed by atoms with Crippen molar-refractivity contribution in [1.29, 1.82) is 0 Å². The first-order chi connectivity index (χ1) is 27.1. The van der Waals surface area contributed by atoms with Crippen LogP contribution in [0.25, 0.3) is 0 Å². The number of carbonyl (C=O) groups excluding carboxylic acids is 2. The van der Waals surface area contributed by atoms with E-state index in [0.29, 0.717) is 12.8 Å². The Balaban J connectivity index is 4.35. The fraction of sp³-hybridized carbons (Fsp3) is 0.841. The van der Waals surface area contributed by atoms with Gasteiger partial charge < -0.3 is 25.2 Å². The standard InChI is InChI=1S/C44H82NO10P/c1-3-5-7-9-11-13-15-17-19-20-22-24-26-28-30-32-34-36-43(47)55-40(38-53-56(50,51)54-39-41(45)44(48)49)37-52-42(46)35-33-31-29-27-25-23-21-18-16-14-12-10-8-6-4-2/h14,16-17,19,40-41H,3-13,15,18,20-39,45H2,1-2H3,(H,48,49)(H,50,51)/b16-14+,19-17+/t40-,41+/m1/s1. The van der Waals surface area contributed by atoms with Gasteiger partial charge in [0.1, 0.15) is 12.6 Å². The molecule has 0 heterocycles. The van der Waals surface area contributed by atoms with Crippen LogP contribution in [-0.2, 0) is 37.5 Å². The van der Waals surface area contributed by atoms with Gasteiger partial charge in [-0.15, -0.1) is 0 Å². The lowest BCUT2D eigenvalue weighted by molar-refractivity contribution is -0.161. The number of phosphoric ester groups is 1. The van der Waals surface area contributed by atoms with Gasteiger partial charge in [0.15, 0.2) is 6.10 Å². The highest BCUT2D eigenvalue weighted by molar-refractivity contribution is 7.47. The number of allylic oxidation sites excluding steroid dienone is 4. The summed E-state index contributed by atoms with van der Waals surface area (Å²) in [6.07, 6.45) is 40.9. The molecular weight excluding hydrogens is 733 g/mol. The lowest BCUT2D eigenvalue weighted by Gasteiger charge is -2.20. The van der Waals surface area contributed by atoms with Crippen molar-refractivity contribution >= 4 is 25.7 Å². The largest absolute Gasteiger partial charge is 0.480 e. The molecule has 56 heavy (non-hydrogen) atoms. The number of phosphoric acid groups is 1. The van der Waals surface area contributed by atoms with E-state index in [0.717, 1.165) is 51.4 Å². The van der Waals surface area contributed by atoms with Gasteiger partial charge in [-0.2, -0.15) is 0 Å². The summed E-state index contributed by atoms with van der Waals surface area (Å²) in [6, 6.07) is -1.52. The quantitative estimate of drug-likeness (QED) is 0.0232. The lowest BCUT2D eigenvalue weighted by Crippen LogP contribution is -2.34. The molecule has 0 radical (unpaired) electrons. The van der Waals surface area contributed by atoms with Crippen LogP contribution >= 0.6 is 7.82 Å². The second-order valence-corrected chi connectivity index (χ2v) is 16.6. The van der Waals surface area contributed by atoms with Crippen LogP contribution in [0, 0.1) is 0 Å². The molecule has 12 heteroatoms. The van der Waals surface area contributed by atoms with E-state index in [-0.39, 0.29) is 19.4 Å². The Morgan fingerprint density at radius 2 is 0.893 bits per heavy atom. The van der Waals surface area contributed by atoms with Gasteiger partial charge in [-0.3, -0.25) is 23.4 Å². The molecule has 0 aliphatic rings. The second kappa shape index (κ2) is 39.8. The summed E-state index contributed by atoms with van der Waals surface area (Å²) in [7, 11) is -4.72. The molecule has 0 aliphatic carbocycles. The van der Waals surface area contributed by atoms with E-state index in [9.17, 15) is 23.8 Å². The maximum Gasteiger partial charge on any atom is 0.472 e. The van der Waals surface area contributed by atoms with Crippen molar-refractivity contribution in [3.63, 3.8) is 0 Å². The van der Waals surface area contributed by atoms with Gasteiger partial charge in [-0.25, -0.2) is 4.57 Å². The zero-order chi connectivity index (χ0) is 41.4. The molecule has 0 amide bonds. The normalized spacial score (nSPS) is 13.9. The predicted octanol–water partition coefficient (Wildman–Crippen LogP) is 11.8. The molecule has 0 saturated carbocycles. The van der Waals surface area contributed by atoms with Gasteiger partial charge >= 0.3 is 25.7 Å². The Morgan fingerprint density at radius 3 is 1.32 bits per heavy atom. The molecule has 0 rings (SSSR count). The Bertz CT molecular complexity index is 1050. The summed E-state index contributed by atoms with van der Waals surface area (Å²) in [5.74, 6) is -2.38. The van der Waals surface area contributed by atoms with Gasteiger partial charge in [0, 0.05) is 12.8 Å². The second-order valence-electron chi connectivity index (χ2n) is 15.2. The zero-order valence-electron chi connectivity index (χ0n) is 35.5. The predicted molar refractivity (Wildman–Crippen MR) is 226 cm³/mol. The van der Waals surface area contributed by atoms with Crippen molar-refractivity contribution in [1.82, 2.24) is 0 Å². The Morgan fingerprint density at radius 1 is 0.536 bits per heavy atom. The number of ether oxygens (including phenoxy) is 2. The summed E-state index contributed by atoms with van der Waals surface area (Å²) in [6.45, 7) is 2.79. The van der Waals surface area contributed by atoms with Crippen LogP contribution in [0.1, 0.15) is 206 Å². The summed E-state index contributed by atoms with van der Waals surface area (Å²) in [5, 5.41) is 8.89. The first kappa shape index (κ1) is 54.0. The van der Waals surface area contributed by atoms with Crippen molar-refractivity contribution in [2.45, 2.75) is 219 Å². The molecule has 0 aromatic heterocycles. The molecule has 0 aliphatic heterocycles. The van der Waals surface area contributed by atoms with Crippen LogP contribution in [0.5, 0.6) is 0 Å². The summed E-state index contributed by atoms with van der Waals surface area (Å²) < 4.78 is 32.7. The Hall–Kier alpha value is -2.04. The van der Waals surface area contributed by atoms with E-state index in [2.05, 4.69) is 42.7 Å². The summed E-state index contributed by atoms with van der Waals surface area (Å²) in [4.78, 5) is 46.0. The number of carbonyl (C=O) groups is 3. The van der Waals surface area contributed by atoms with E-state index >= 15 is 0 Å². The fourth-order valence-corrected chi connectivity index (χ4v) is 6.89. The highest BCUT2D eigenvalue weighted by Crippen LogP contribution is 2.43. The number of carboxylic acids is 1. The number of nitrogens with two attached hydrogens (primary N) is 1. The van der Waals surface area contributed by atoms with Crippen molar-refractivity contribution in [2.24, 2.45) is 5.73 Å². The number of aliphatic carboxylic acids is 1. The molecule has 0 aromatic rings. The van der Waals surface area contributed by atoms with E-state index in [4.69, 9.17) is 24.8 Å². The van der Waals surface area contributed by atoms with Crippen LogP contribution in [0.15, 0.2) is 24.3 Å². The number of hydrogen-bond acceptors (Lipinski definition) is 9. The van der Waals surface area contributed by atoms with Crippen molar-refractivity contribution in [3.8, 4) is 0 Å². The number of rotatable bonds is 42. The van der Waals surface area contributed by atoms with Crippen LogP contribution < -0.4 is 5.73 Å². The molecule has 3 atom stereocenters. The van der Waals surface area contributed by atoms with Gasteiger partial charge in [0.25, 0.3) is 0 Å². The monoisotopic (exact) mass is 816 g/mol. The van der Waals surface area contributed by atoms with E-state index in [1.165, 1.54) is 116 Å². The molecule has 0 fully saturated rings. The van der Waals surface area contributed by atoms with Gasteiger partial charge in [-0.1, -0.05) is 154 Å². The third-order valence-electron chi connectivity index (χ3n) is 9.67.